The number of fused-ring (bicyclic) bond motifs is 1. The van der Waals surface area contributed by atoms with Crippen LogP contribution in [0.15, 0.2) is 71.7 Å². The molecule has 0 aliphatic carbocycles. The van der Waals surface area contributed by atoms with E-state index in [4.69, 9.17) is 5.10 Å². The number of benzene rings is 1. The number of aromatic amines is 1. The molecule has 9 nitrogen and oxygen atoms in total. The van der Waals surface area contributed by atoms with E-state index in [1.165, 1.54) is 10.7 Å². The van der Waals surface area contributed by atoms with E-state index in [0.717, 1.165) is 22.3 Å². The molecule has 4 heterocycles. The minimum Gasteiger partial charge on any atom is -0.268 e. The van der Waals surface area contributed by atoms with Crippen LogP contribution in [0.1, 0.15) is 5.82 Å². The van der Waals surface area contributed by atoms with Crippen molar-refractivity contribution in [2.24, 2.45) is 0 Å². The number of nitrogens with one attached hydrogen (secondary N) is 1. The third-order valence-corrected chi connectivity index (χ3v) is 4.40. The molecule has 0 aliphatic heterocycles. The highest BCUT2D eigenvalue weighted by Crippen LogP contribution is 2.33. The number of hydrogen-bond acceptors (Lipinski definition) is 6. The molecule has 0 aliphatic rings. The van der Waals surface area contributed by atoms with Crippen molar-refractivity contribution >= 4 is 5.52 Å². The van der Waals surface area contributed by atoms with Crippen LogP contribution in [0, 0.1) is 0 Å². The van der Waals surface area contributed by atoms with Crippen LogP contribution in [0.3, 0.4) is 0 Å². The third-order valence-electron chi connectivity index (χ3n) is 4.40. The van der Waals surface area contributed by atoms with E-state index in [1.807, 2.05) is 59.2 Å². The Labute approximate surface area is 158 Å². The van der Waals surface area contributed by atoms with Gasteiger partial charge in [-0.2, -0.15) is 10.2 Å². The molecule has 0 saturated carbocycles. The predicted octanol–water partition coefficient (Wildman–Crippen LogP) is 1.79. The van der Waals surface area contributed by atoms with Gasteiger partial charge in [0.2, 0.25) is 0 Å². The molecule has 4 aromatic heterocycles. The van der Waals surface area contributed by atoms with Crippen LogP contribution in [0.4, 0.5) is 0 Å². The Balaban J connectivity index is 1.72. The van der Waals surface area contributed by atoms with Crippen molar-refractivity contribution in [2.75, 3.05) is 0 Å². The van der Waals surface area contributed by atoms with Gasteiger partial charge in [-0.15, -0.1) is 5.10 Å². The molecule has 1 N–H and O–H groups in total. The van der Waals surface area contributed by atoms with Crippen LogP contribution in [-0.2, 0) is 6.54 Å². The van der Waals surface area contributed by atoms with E-state index in [1.54, 1.807) is 6.07 Å². The summed E-state index contributed by atoms with van der Waals surface area (Å²) in [6, 6.07) is 19.0. The zero-order chi connectivity index (χ0) is 18.9. The first kappa shape index (κ1) is 16.1. The molecule has 1 aromatic carbocycles. The van der Waals surface area contributed by atoms with Crippen molar-refractivity contribution in [1.82, 2.24) is 40.0 Å². The first-order valence-electron chi connectivity index (χ1n) is 8.63. The first-order valence-corrected chi connectivity index (χ1v) is 8.63. The van der Waals surface area contributed by atoms with Crippen molar-refractivity contribution < 1.29 is 0 Å². The second kappa shape index (κ2) is 6.54. The summed E-state index contributed by atoms with van der Waals surface area (Å²) in [6.45, 7) is 0.152. The number of pyridine rings is 1. The van der Waals surface area contributed by atoms with Crippen molar-refractivity contribution in [2.45, 2.75) is 6.54 Å². The summed E-state index contributed by atoms with van der Waals surface area (Å²) in [4.78, 5) is 12.3. The van der Waals surface area contributed by atoms with E-state index in [9.17, 15) is 4.79 Å². The van der Waals surface area contributed by atoms with Gasteiger partial charge in [0.05, 0.1) is 16.8 Å². The van der Waals surface area contributed by atoms with Gasteiger partial charge in [0.1, 0.15) is 12.2 Å². The predicted molar refractivity (Wildman–Crippen MR) is 101 cm³/mol. The fraction of sp³-hybridized carbons (Fsp3) is 0.0526. The quantitative estimate of drug-likeness (QED) is 0.517. The molecule has 0 bridgehead atoms. The molecule has 0 spiro atoms. The van der Waals surface area contributed by atoms with Crippen molar-refractivity contribution in [3.8, 4) is 22.5 Å². The minimum absolute atomic E-state index is 0.152. The van der Waals surface area contributed by atoms with Gasteiger partial charge in [-0.25, -0.2) is 14.3 Å². The number of hydrogen-bond donors (Lipinski definition) is 1. The molecule has 0 amide bonds. The second-order valence-corrected chi connectivity index (χ2v) is 6.18. The van der Waals surface area contributed by atoms with Crippen LogP contribution < -0.4 is 5.56 Å². The highest BCUT2D eigenvalue weighted by Gasteiger charge is 2.18. The first-order chi connectivity index (χ1) is 13.8. The molecular weight excluding hydrogens is 356 g/mol. The fourth-order valence-electron chi connectivity index (χ4n) is 3.13. The largest absolute Gasteiger partial charge is 0.268 e. The van der Waals surface area contributed by atoms with Gasteiger partial charge in [0.15, 0.2) is 5.82 Å². The Kier molecular flexibility index (Phi) is 3.75. The van der Waals surface area contributed by atoms with Gasteiger partial charge < -0.3 is 0 Å². The van der Waals surface area contributed by atoms with Gasteiger partial charge in [0, 0.05) is 17.8 Å². The summed E-state index contributed by atoms with van der Waals surface area (Å²) in [5.74, 6) is 0.454. The SMILES string of the molecule is O=c1ccc(-c2c(-c3ccccc3)nn3ccccc23)nn1Cc1nnn[nH]1. The molecule has 0 atom stereocenters. The number of aromatic nitrogens is 8. The highest BCUT2D eigenvalue weighted by atomic mass is 16.1. The molecule has 28 heavy (non-hydrogen) atoms. The van der Waals surface area contributed by atoms with E-state index < -0.39 is 0 Å². The molecule has 136 valence electrons. The van der Waals surface area contributed by atoms with Gasteiger partial charge >= 0.3 is 0 Å². The van der Waals surface area contributed by atoms with Crippen molar-refractivity contribution in [3.05, 3.63) is 83.0 Å². The maximum Gasteiger partial charge on any atom is 0.267 e. The summed E-state index contributed by atoms with van der Waals surface area (Å²) in [6.07, 6.45) is 1.89. The standard InChI is InChI=1S/C19H14N8O/c28-17-10-9-14(22-27(17)12-16-20-24-25-21-16)18-15-8-4-5-11-26(15)23-19(18)13-6-2-1-3-7-13/h1-11H,12H2,(H,20,21,24,25). The van der Waals surface area contributed by atoms with Gasteiger partial charge in [-0.3, -0.25) is 4.79 Å². The van der Waals surface area contributed by atoms with E-state index in [2.05, 4.69) is 25.7 Å². The molecule has 0 saturated heterocycles. The average molecular weight is 370 g/mol. The molecule has 0 unspecified atom stereocenters. The van der Waals surface area contributed by atoms with Crippen LogP contribution in [0.5, 0.6) is 0 Å². The topological polar surface area (TPSA) is 107 Å². The Morgan fingerprint density at radius 3 is 2.61 bits per heavy atom. The molecule has 5 aromatic rings. The Hall–Kier alpha value is -4.14. The van der Waals surface area contributed by atoms with Gasteiger partial charge in [0.25, 0.3) is 5.56 Å². The van der Waals surface area contributed by atoms with Crippen LogP contribution >= 0.6 is 0 Å². The number of nitrogens with zero attached hydrogens (tertiary/aromatic N) is 7. The second-order valence-electron chi connectivity index (χ2n) is 6.18. The Morgan fingerprint density at radius 2 is 1.79 bits per heavy atom. The number of H-pyrrole nitrogens is 1. The van der Waals surface area contributed by atoms with Gasteiger partial charge in [-0.05, 0) is 28.6 Å². The van der Waals surface area contributed by atoms with Crippen LogP contribution in [0.2, 0.25) is 0 Å². The summed E-state index contributed by atoms with van der Waals surface area (Å²) in [5, 5.41) is 22.8. The van der Waals surface area contributed by atoms with Crippen molar-refractivity contribution in [3.63, 3.8) is 0 Å². The average Bonchev–Trinajstić information content (AvgIpc) is 3.38. The summed E-state index contributed by atoms with van der Waals surface area (Å²) >= 11 is 0. The van der Waals surface area contributed by atoms with Crippen LogP contribution in [-0.4, -0.2) is 40.0 Å². The summed E-state index contributed by atoms with van der Waals surface area (Å²) < 4.78 is 3.15. The highest BCUT2D eigenvalue weighted by molar-refractivity contribution is 5.90. The molecule has 0 fully saturated rings. The molecule has 0 radical (unpaired) electrons. The summed E-state index contributed by atoms with van der Waals surface area (Å²) in [5.41, 5.74) is 3.94. The van der Waals surface area contributed by atoms with E-state index >= 15 is 0 Å². The Morgan fingerprint density at radius 1 is 0.929 bits per heavy atom. The fourth-order valence-corrected chi connectivity index (χ4v) is 3.13. The molecular formula is C19H14N8O. The number of tetrazole rings is 1. The van der Waals surface area contributed by atoms with E-state index in [0.29, 0.717) is 11.5 Å². The lowest BCUT2D eigenvalue weighted by molar-refractivity contribution is 0.618. The zero-order valence-electron chi connectivity index (χ0n) is 14.6. The lowest BCUT2D eigenvalue weighted by Crippen LogP contribution is -2.23. The minimum atomic E-state index is -0.238. The molecule has 9 heteroatoms. The monoisotopic (exact) mass is 370 g/mol. The third kappa shape index (κ3) is 2.75. The number of rotatable bonds is 4. The zero-order valence-corrected chi connectivity index (χ0v) is 14.6. The Bertz CT molecular complexity index is 1310. The van der Waals surface area contributed by atoms with Crippen molar-refractivity contribution in [1.29, 1.82) is 0 Å². The lowest BCUT2D eigenvalue weighted by Gasteiger charge is -2.06. The molecule has 5 rings (SSSR count). The lowest BCUT2D eigenvalue weighted by atomic mass is 10.0. The summed E-state index contributed by atoms with van der Waals surface area (Å²) in [7, 11) is 0. The van der Waals surface area contributed by atoms with Gasteiger partial charge in [-0.1, -0.05) is 36.4 Å². The smallest absolute Gasteiger partial charge is 0.267 e. The maximum atomic E-state index is 12.3. The maximum absolute atomic E-state index is 12.3. The van der Waals surface area contributed by atoms with E-state index in [-0.39, 0.29) is 12.1 Å². The normalized spacial score (nSPS) is 11.1. The van der Waals surface area contributed by atoms with Crippen LogP contribution in [0.25, 0.3) is 28.0 Å².